The minimum Gasteiger partial charge on any atom is -0.393 e. The summed E-state index contributed by atoms with van der Waals surface area (Å²) in [4.78, 5) is 12.6. The zero-order valence-electron chi connectivity index (χ0n) is 12.8. The first kappa shape index (κ1) is 15.8. The van der Waals surface area contributed by atoms with Crippen molar-refractivity contribution >= 4 is 5.91 Å². The molecular formula is C16H30N2O2. The lowest BCUT2D eigenvalue weighted by Crippen LogP contribution is -2.51. The van der Waals surface area contributed by atoms with E-state index in [1.54, 1.807) is 0 Å². The third-order valence-electron chi connectivity index (χ3n) is 5.08. The molecule has 3 unspecified atom stereocenters. The average molecular weight is 282 g/mol. The van der Waals surface area contributed by atoms with Gasteiger partial charge in [-0.05, 0) is 38.6 Å². The molecule has 1 amide bonds. The highest BCUT2D eigenvalue weighted by Gasteiger charge is 2.38. The lowest BCUT2D eigenvalue weighted by molar-refractivity contribution is -0.133. The van der Waals surface area contributed by atoms with Gasteiger partial charge >= 0.3 is 0 Å². The molecule has 0 spiro atoms. The quantitative estimate of drug-likeness (QED) is 0.721. The van der Waals surface area contributed by atoms with Gasteiger partial charge in [0, 0.05) is 19.0 Å². The summed E-state index contributed by atoms with van der Waals surface area (Å²) in [7, 11) is 0. The summed E-state index contributed by atoms with van der Waals surface area (Å²) >= 11 is 0. The largest absolute Gasteiger partial charge is 0.393 e. The van der Waals surface area contributed by atoms with Crippen molar-refractivity contribution in [2.45, 2.75) is 64.4 Å². The first-order chi connectivity index (χ1) is 9.68. The average Bonchev–Trinajstić information content (AvgIpc) is 2.47. The monoisotopic (exact) mass is 282 g/mol. The van der Waals surface area contributed by atoms with Gasteiger partial charge in [0.1, 0.15) is 0 Å². The van der Waals surface area contributed by atoms with Gasteiger partial charge in [-0.1, -0.05) is 26.2 Å². The molecular weight excluding hydrogens is 252 g/mol. The molecule has 0 aromatic carbocycles. The molecule has 3 N–H and O–H groups in total. The molecule has 1 aliphatic heterocycles. The van der Waals surface area contributed by atoms with Crippen molar-refractivity contribution in [3.63, 3.8) is 0 Å². The predicted molar refractivity (Wildman–Crippen MR) is 80.4 cm³/mol. The number of nitrogens with one attached hydrogen (secondary N) is 2. The predicted octanol–water partition coefficient (Wildman–Crippen LogP) is 1.82. The zero-order chi connectivity index (χ0) is 14.4. The van der Waals surface area contributed by atoms with E-state index < -0.39 is 0 Å². The highest BCUT2D eigenvalue weighted by Crippen LogP contribution is 2.32. The fourth-order valence-corrected chi connectivity index (χ4v) is 3.80. The van der Waals surface area contributed by atoms with Crippen LogP contribution in [0.1, 0.15) is 58.3 Å². The van der Waals surface area contributed by atoms with E-state index in [2.05, 4.69) is 17.6 Å². The first-order valence-electron chi connectivity index (χ1n) is 8.35. The molecule has 1 saturated heterocycles. The number of rotatable bonds is 5. The van der Waals surface area contributed by atoms with Crippen molar-refractivity contribution in [1.82, 2.24) is 10.6 Å². The van der Waals surface area contributed by atoms with E-state index in [1.165, 1.54) is 6.42 Å². The highest BCUT2D eigenvalue weighted by molar-refractivity contribution is 5.83. The molecule has 0 radical (unpaired) electrons. The number of piperidine rings is 1. The van der Waals surface area contributed by atoms with Crippen LogP contribution in [0.5, 0.6) is 0 Å². The molecule has 2 rings (SSSR count). The van der Waals surface area contributed by atoms with Gasteiger partial charge in [-0.3, -0.25) is 4.79 Å². The summed E-state index contributed by atoms with van der Waals surface area (Å²) in [5, 5.41) is 16.5. The second kappa shape index (κ2) is 7.41. The first-order valence-corrected chi connectivity index (χ1v) is 8.35. The molecule has 1 saturated carbocycles. The molecule has 4 heteroatoms. The number of amides is 1. The number of aliphatic hydroxyl groups excluding tert-OH is 1. The zero-order valence-corrected chi connectivity index (χ0v) is 12.8. The summed E-state index contributed by atoms with van der Waals surface area (Å²) in [5.74, 6) is 0.451. The summed E-state index contributed by atoms with van der Waals surface area (Å²) in [5.41, 5.74) is -0.216. The van der Waals surface area contributed by atoms with E-state index in [-0.39, 0.29) is 23.3 Å². The molecule has 20 heavy (non-hydrogen) atoms. The van der Waals surface area contributed by atoms with Crippen molar-refractivity contribution in [3.8, 4) is 0 Å². The van der Waals surface area contributed by atoms with Gasteiger partial charge in [-0.2, -0.15) is 0 Å². The van der Waals surface area contributed by atoms with E-state index in [0.717, 1.165) is 58.0 Å². The van der Waals surface area contributed by atoms with E-state index >= 15 is 0 Å². The Balaban J connectivity index is 1.87. The van der Waals surface area contributed by atoms with Crippen LogP contribution in [0, 0.1) is 11.3 Å². The Morgan fingerprint density at radius 1 is 1.35 bits per heavy atom. The number of aliphatic hydroxyl groups is 1. The number of hydrogen-bond donors (Lipinski definition) is 3. The Labute approximate surface area is 122 Å². The van der Waals surface area contributed by atoms with Gasteiger partial charge in [0.25, 0.3) is 0 Å². The van der Waals surface area contributed by atoms with Crippen LogP contribution in [0.3, 0.4) is 0 Å². The van der Waals surface area contributed by atoms with Crippen molar-refractivity contribution < 1.29 is 9.90 Å². The third-order valence-corrected chi connectivity index (χ3v) is 5.08. The molecule has 2 aliphatic rings. The van der Waals surface area contributed by atoms with Crippen LogP contribution < -0.4 is 10.6 Å². The standard InChI is InChI=1S/C16H30N2O2/c1-2-8-16(9-5-10-17-12-16)15(20)18-11-13-6-3-4-7-14(13)19/h13-14,17,19H,2-12H2,1H3,(H,18,20). The fraction of sp³-hybridized carbons (Fsp3) is 0.938. The Bertz CT molecular complexity index is 308. The Kier molecular flexibility index (Phi) is 5.85. The topological polar surface area (TPSA) is 61.4 Å². The van der Waals surface area contributed by atoms with E-state index in [9.17, 15) is 9.90 Å². The van der Waals surface area contributed by atoms with Crippen molar-refractivity contribution in [2.24, 2.45) is 11.3 Å². The summed E-state index contributed by atoms with van der Waals surface area (Å²) in [6.07, 6.45) is 8.08. The van der Waals surface area contributed by atoms with Crippen molar-refractivity contribution in [1.29, 1.82) is 0 Å². The van der Waals surface area contributed by atoms with Gasteiger partial charge < -0.3 is 15.7 Å². The van der Waals surface area contributed by atoms with Crippen LogP contribution >= 0.6 is 0 Å². The molecule has 1 aliphatic carbocycles. The molecule has 4 nitrogen and oxygen atoms in total. The van der Waals surface area contributed by atoms with Gasteiger partial charge in [-0.15, -0.1) is 0 Å². The maximum absolute atomic E-state index is 12.6. The normalized spacial score (nSPS) is 34.7. The second-order valence-electron chi connectivity index (χ2n) is 6.63. The smallest absolute Gasteiger partial charge is 0.227 e. The van der Waals surface area contributed by atoms with Crippen LogP contribution in [-0.4, -0.2) is 36.8 Å². The molecule has 116 valence electrons. The molecule has 2 fully saturated rings. The Morgan fingerprint density at radius 3 is 2.80 bits per heavy atom. The summed E-state index contributed by atoms with van der Waals surface area (Å²) in [6, 6.07) is 0. The van der Waals surface area contributed by atoms with Gasteiger partial charge in [0.05, 0.1) is 11.5 Å². The summed E-state index contributed by atoms with van der Waals surface area (Å²) in [6.45, 7) is 4.62. The van der Waals surface area contributed by atoms with Crippen LogP contribution in [0.15, 0.2) is 0 Å². The van der Waals surface area contributed by atoms with Crippen LogP contribution in [0.25, 0.3) is 0 Å². The second-order valence-corrected chi connectivity index (χ2v) is 6.63. The van der Waals surface area contributed by atoms with E-state index in [1.807, 2.05) is 0 Å². The fourth-order valence-electron chi connectivity index (χ4n) is 3.80. The number of carbonyl (C=O) groups excluding carboxylic acids is 1. The maximum Gasteiger partial charge on any atom is 0.227 e. The maximum atomic E-state index is 12.6. The van der Waals surface area contributed by atoms with E-state index in [0.29, 0.717) is 6.54 Å². The SMILES string of the molecule is CCCC1(C(=O)NCC2CCCCC2O)CCCNC1. The van der Waals surface area contributed by atoms with Crippen LogP contribution in [-0.2, 0) is 4.79 Å². The van der Waals surface area contributed by atoms with Gasteiger partial charge in [-0.25, -0.2) is 0 Å². The third kappa shape index (κ3) is 3.73. The minimum atomic E-state index is -0.226. The van der Waals surface area contributed by atoms with E-state index in [4.69, 9.17) is 0 Å². The van der Waals surface area contributed by atoms with Gasteiger partial charge in [0.15, 0.2) is 0 Å². The van der Waals surface area contributed by atoms with Crippen molar-refractivity contribution in [3.05, 3.63) is 0 Å². The lowest BCUT2D eigenvalue weighted by Gasteiger charge is -2.37. The number of carbonyl (C=O) groups is 1. The highest BCUT2D eigenvalue weighted by atomic mass is 16.3. The van der Waals surface area contributed by atoms with Crippen LogP contribution in [0.4, 0.5) is 0 Å². The van der Waals surface area contributed by atoms with Crippen LogP contribution in [0.2, 0.25) is 0 Å². The molecule has 0 aromatic heterocycles. The van der Waals surface area contributed by atoms with Crippen molar-refractivity contribution in [2.75, 3.05) is 19.6 Å². The Morgan fingerprint density at radius 2 is 2.15 bits per heavy atom. The lowest BCUT2D eigenvalue weighted by atomic mass is 9.76. The molecule has 1 heterocycles. The minimum absolute atomic E-state index is 0.198. The summed E-state index contributed by atoms with van der Waals surface area (Å²) < 4.78 is 0. The van der Waals surface area contributed by atoms with Gasteiger partial charge in [0.2, 0.25) is 5.91 Å². The molecule has 0 aromatic rings. The Hall–Kier alpha value is -0.610. The molecule has 0 bridgehead atoms. The number of hydrogen-bond acceptors (Lipinski definition) is 3. The molecule has 3 atom stereocenters.